The summed E-state index contributed by atoms with van der Waals surface area (Å²) < 4.78 is 1.01. The second-order valence-electron chi connectivity index (χ2n) is 6.27. The summed E-state index contributed by atoms with van der Waals surface area (Å²) in [6.07, 6.45) is 2.27. The van der Waals surface area contributed by atoms with Crippen molar-refractivity contribution in [3.8, 4) is 0 Å². The molecule has 0 spiro atoms. The quantitative estimate of drug-likeness (QED) is 0.770. The molecule has 1 unspecified atom stereocenters. The van der Waals surface area contributed by atoms with Crippen LogP contribution in [-0.2, 0) is 16.1 Å². The van der Waals surface area contributed by atoms with Gasteiger partial charge in [-0.15, -0.1) is 0 Å². The Morgan fingerprint density at radius 3 is 2.96 bits per heavy atom. The zero-order chi connectivity index (χ0) is 17.5. The first-order valence-corrected chi connectivity index (χ1v) is 9.31. The first-order chi connectivity index (χ1) is 11.5. The summed E-state index contributed by atoms with van der Waals surface area (Å²) in [4.78, 5) is 28.5. The van der Waals surface area contributed by atoms with Crippen LogP contribution in [0, 0.1) is 0 Å². The van der Waals surface area contributed by atoms with Gasteiger partial charge in [-0.25, -0.2) is 0 Å². The summed E-state index contributed by atoms with van der Waals surface area (Å²) in [7, 11) is 1.81. The summed E-state index contributed by atoms with van der Waals surface area (Å²) in [5, 5.41) is 3.19. The number of hydrogen-bond donors (Lipinski definition) is 1. The van der Waals surface area contributed by atoms with Gasteiger partial charge in [-0.3, -0.25) is 9.59 Å². The molecule has 24 heavy (non-hydrogen) atoms. The van der Waals surface area contributed by atoms with Crippen molar-refractivity contribution < 1.29 is 9.59 Å². The van der Waals surface area contributed by atoms with Crippen molar-refractivity contribution in [2.24, 2.45) is 0 Å². The Morgan fingerprint density at radius 2 is 2.25 bits per heavy atom. The van der Waals surface area contributed by atoms with Crippen LogP contribution in [0.25, 0.3) is 0 Å². The van der Waals surface area contributed by atoms with Crippen LogP contribution < -0.4 is 5.32 Å². The highest BCUT2D eigenvalue weighted by Gasteiger charge is 2.30. The van der Waals surface area contributed by atoms with Crippen molar-refractivity contribution in [1.29, 1.82) is 0 Å². The van der Waals surface area contributed by atoms with Crippen molar-refractivity contribution >= 4 is 27.7 Å². The summed E-state index contributed by atoms with van der Waals surface area (Å²) in [6.45, 7) is 4.82. The lowest BCUT2D eigenvalue weighted by Gasteiger charge is -2.33. The molecule has 0 aliphatic carbocycles. The highest BCUT2D eigenvalue weighted by Crippen LogP contribution is 2.16. The number of nitrogens with zero attached hydrogens (tertiary/aromatic N) is 2. The van der Waals surface area contributed by atoms with Gasteiger partial charge in [0.05, 0.1) is 12.5 Å². The number of hydrogen-bond acceptors (Lipinski definition) is 3. The average Bonchev–Trinajstić information content (AvgIpc) is 2.56. The molecule has 2 amide bonds. The van der Waals surface area contributed by atoms with E-state index in [0.717, 1.165) is 36.0 Å². The van der Waals surface area contributed by atoms with Crippen LogP contribution in [0.15, 0.2) is 28.7 Å². The van der Waals surface area contributed by atoms with E-state index in [0.29, 0.717) is 13.1 Å². The van der Waals surface area contributed by atoms with Gasteiger partial charge in [-0.1, -0.05) is 41.4 Å². The van der Waals surface area contributed by atoms with E-state index in [-0.39, 0.29) is 18.2 Å². The van der Waals surface area contributed by atoms with Gasteiger partial charge in [0.1, 0.15) is 0 Å². The molecular formula is C18H26BrN3O2. The maximum absolute atomic E-state index is 12.7. The minimum Gasteiger partial charge on any atom is -0.346 e. The molecule has 2 rings (SSSR count). The smallest absolute Gasteiger partial charge is 0.240 e. The molecule has 132 valence electrons. The number of nitrogens with one attached hydrogen (secondary N) is 1. The Bertz CT molecular complexity index is 579. The molecule has 1 aromatic carbocycles. The molecular weight excluding hydrogens is 370 g/mol. The number of piperazine rings is 1. The third kappa shape index (κ3) is 5.31. The SMILES string of the molecule is CCCCN(C)C(=O)CC1NCCN(Cc2cccc(Br)c2)C1=O. The monoisotopic (exact) mass is 395 g/mol. The van der Waals surface area contributed by atoms with Gasteiger partial charge in [0.2, 0.25) is 11.8 Å². The van der Waals surface area contributed by atoms with Gasteiger partial charge in [0.25, 0.3) is 0 Å². The normalized spacial score (nSPS) is 17.9. The van der Waals surface area contributed by atoms with Crippen LogP contribution in [0.5, 0.6) is 0 Å². The first-order valence-electron chi connectivity index (χ1n) is 8.52. The van der Waals surface area contributed by atoms with Crippen LogP contribution in [0.1, 0.15) is 31.7 Å². The number of benzene rings is 1. The van der Waals surface area contributed by atoms with Crippen LogP contribution in [0.3, 0.4) is 0 Å². The third-order valence-corrected chi connectivity index (χ3v) is 4.79. The summed E-state index contributed by atoms with van der Waals surface area (Å²) in [5.74, 6) is 0.0390. The topological polar surface area (TPSA) is 52.7 Å². The van der Waals surface area contributed by atoms with Gasteiger partial charge in [-0.05, 0) is 24.1 Å². The van der Waals surface area contributed by atoms with Crippen LogP contribution in [0.4, 0.5) is 0 Å². The molecule has 0 aromatic heterocycles. The molecule has 1 aromatic rings. The van der Waals surface area contributed by atoms with Gasteiger partial charge in [0, 0.05) is 37.7 Å². The lowest BCUT2D eigenvalue weighted by molar-refractivity contribution is -0.141. The van der Waals surface area contributed by atoms with Crippen molar-refractivity contribution in [1.82, 2.24) is 15.1 Å². The van der Waals surface area contributed by atoms with Crippen LogP contribution >= 0.6 is 15.9 Å². The summed E-state index contributed by atoms with van der Waals surface area (Å²) in [6, 6.07) is 7.56. The van der Waals surface area contributed by atoms with Gasteiger partial charge >= 0.3 is 0 Å². The predicted octanol–water partition coefficient (Wildman–Crippen LogP) is 2.40. The largest absolute Gasteiger partial charge is 0.346 e. The maximum Gasteiger partial charge on any atom is 0.240 e. The zero-order valence-corrected chi connectivity index (χ0v) is 16.0. The number of amides is 2. The second kappa shape index (κ2) is 9.18. The van der Waals surface area contributed by atoms with Gasteiger partial charge in [0.15, 0.2) is 0 Å². The fraction of sp³-hybridized carbons (Fsp3) is 0.556. The van der Waals surface area contributed by atoms with E-state index < -0.39 is 6.04 Å². The van der Waals surface area contributed by atoms with Gasteiger partial charge < -0.3 is 15.1 Å². The highest BCUT2D eigenvalue weighted by atomic mass is 79.9. The molecule has 6 heteroatoms. The Hall–Kier alpha value is -1.40. The number of rotatable bonds is 7. The van der Waals surface area contributed by atoms with Crippen LogP contribution in [-0.4, -0.2) is 54.3 Å². The zero-order valence-electron chi connectivity index (χ0n) is 14.4. The van der Waals surface area contributed by atoms with E-state index in [4.69, 9.17) is 0 Å². The second-order valence-corrected chi connectivity index (χ2v) is 7.19. The van der Waals surface area contributed by atoms with E-state index in [2.05, 4.69) is 28.2 Å². The van der Waals surface area contributed by atoms with E-state index in [1.807, 2.05) is 36.2 Å². The fourth-order valence-corrected chi connectivity index (χ4v) is 3.26. The third-order valence-electron chi connectivity index (χ3n) is 4.30. The number of carbonyl (C=O) groups is 2. The first kappa shape index (κ1) is 18.9. The van der Waals surface area contributed by atoms with E-state index in [9.17, 15) is 9.59 Å². The summed E-state index contributed by atoms with van der Waals surface area (Å²) >= 11 is 3.46. The standard InChI is InChI=1S/C18H26BrN3O2/c1-3-4-9-21(2)17(23)12-16-18(24)22(10-8-20-16)13-14-6-5-7-15(19)11-14/h5-7,11,16,20H,3-4,8-10,12-13H2,1-2H3. The Labute approximate surface area is 152 Å². The molecule has 1 heterocycles. The van der Waals surface area contributed by atoms with Crippen molar-refractivity contribution in [3.63, 3.8) is 0 Å². The van der Waals surface area contributed by atoms with E-state index >= 15 is 0 Å². The molecule has 0 saturated carbocycles. The number of halogens is 1. The predicted molar refractivity (Wildman–Crippen MR) is 98.5 cm³/mol. The molecule has 0 radical (unpaired) electrons. The van der Waals surface area contributed by atoms with E-state index in [1.54, 1.807) is 4.90 Å². The molecule has 1 aliphatic rings. The Kier molecular flexibility index (Phi) is 7.24. The molecule has 1 aliphatic heterocycles. The lowest BCUT2D eigenvalue weighted by atomic mass is 10.1. The molecule has 1 N–H and O–H groups in total. The minimum absolute atomic E-state index is 0.0125. The maximum atomic E-state index is 12.7. The Balaban J connectivity index is 1.93. The van der Waals surface area contributed by atoms with Crippen molar-refractivity contribution in [2.45, 2.75) is 38.8 Å². The van der Waals surface area contributed by atoms with Crippen LogP contribution in [0.2, 0.25) is 0 Å². The van der Waals surface area contributed by atoms with Crippen molar-refractivity contribution in [2.75, 3.05) is 26.7 Å². The number of unbranched alkanes of at least 4 members (excludes halogenated alkanes) is 1. The molecule has 1 atom stereocenters. The van der Waals surface area contributed by atoms with Gasteiger partial charge in [-0.2, -0.15) is 0 Å². The highest BCUT2D eigenvalue weighted by molar-refractivity contribution is 9.10. The van der Waals surface area contributed by atoms with E-state index in [1.165, 1.54) is 0 Å². The minimum atomic E-state index is -0.414. The Morgan fingerprint density at radius 1 is 1.46 bits per heavy atom. The molecule has 1 fully saturated rings. The lowest BCUT2D eigenvalue weighted by Crippen LogP contribution is -2.55. The fourth-order valence-electron chi connectivity index (χ4n) is 2.81. The average molecular weight is 396 g/mol. The molecule has 1 saturated heterocycles. The molecule has 5 nitrogen and oxygen atoms in total. The van der Waals surface area contributed by atoms with Crippen molar-refractivity contribution in [3.05, 3.63) is 34.3 Å². The molecule has 0 bridgehead atoms. The summed E-state index contributed by atoms with van der Waals surface area (Å²) in [5.41, 5.74) is 1.09. The number of carbonyl (C=O) groups excluding carboxylic acids is 2.